The molecule has 0 amide bonds. The number of imidazole rings is 1. The first kappa shape index (κ1) is 28.5. The van der Waals surface area contributed by atoms with Gasteiger partial charge in [0.1, 0.15) is 5.75 Å². The Balaban J connectivity index is 1.17. The van der Waals surface area contributed by atoms with Crippen LogP contribution >= 0.6 is 0 Å². The number of aromatic amines is 1. The number of aliphatic hydroxyl groups excluding tert-OH is 2. The largest absolute Gasteiger partial charge is 0.508 e. The molecule has 3 aromatic rings. The van der Waals surface area contributed by atoms with E-state index in [1.165, 1.54) is 16.8 Å². The van der Waals surface area contributed by atoms with Crippen LogP contribution < -0.4 is 11.0 Å². The molecule has 0 fully saturated rings. The lowest BCUT2D eigenvalue weighted by molar-refractivity contribution is 0.127. The van der Waals surface area contributed by atoms with Crippen LogP contribution in [0.1, 0.15) is 61.3 Å². The molecule has 1 aromatic heterocycles. The maximum absolute atomic E-state index is 11.8. The number of H-pyrrole nitrogens is 1. The molecule has 0 saturated carbocycles. The highest BCUT2D eigenvalue weighted by atomic mass is 16.5. The van der Waals surface area contributed by atoms with Gasteiger partial charge in [-0.05, 0) is 67.6 Å². The average Bonchev–Trinajstić information content (AvgIpc) is 3.24. The predicted molar refractivity (Wildman–Crippen MR) is 142 cm³/mol. The van der Waals surface area contributed by atoms with Crippen LogP contribution in [0, 0.1) is 0 Å². The van der Waals surface area contributed by atoms with Gasteiger partial charge in [-0.1, -0.05) is 37.5 Å². The lowest BCUT2D eigenvalue weighted by atomic mass is 10.1. The topological polar surface area (TPSA) is 140 Å². The fourth-order valence-electron chi connectivity index (χ4n) is 4.22. The summed E-state index contributed by atoms with van der Waals surface area (Å²) in [7, 11) is 0. The minimum atomic E-state index is -0.677. The molecule has 0 saturated heterocycles. The molecule has 3 rings (SSSR count). The number of aliphatic hydroxyl groups is 2. The van der Waals surface area contributed by atoms with Crippen molar-refractivity contribution in [3.63, 3.8) is 0 Å². The zero-order valence-electron chi connectivity index (χ0n) is 21.2. The van der Waals surface area contributed by atoms with Gasteiger partial charge >= 0.3 is 5.69 Å². The standard InChI is InChI=1S/C28H39N3O6/c32-20-23-17-22(11-12-25(23)33)26(34)18-29-13-4-2-1-3-5-14-37-15-7-9-21-8-6-10-24(16-21)31-27(35)19-30-28(31)36/h6,8,10-12,16-17,19,26,29,32-35H,1-5,7,9,13-15,18,20H2,(H,30,36). The number of rotatable bonds is 17. The third-order valence-corrected chi connectivity index (χ3v) is 6.32. The Bertz CT molecular complexity index is 1140. The molecule has 0 bridgehead atoms. The third kappa shape index (κ3) is 9.05. The number of ether oxygens (including phenoxy) is 1. The summed E-state index contributed by atoms with van der Waals surface area (Å²) in [5.74, 6) is -0.0714. The summed E-state index contributed by atoms with van der Waals surface area (Å²) in [6, 6.07) is 12.4. The Morgan fingerprint density at radius 3 is 2.54 bits per heavy atom. The van der Waals surface area contributed by atoms with Crippen molar-refractivity contribution < 1.29 is 25.2 Å². The van der Waals surface area contributed by atoms with E-state index in [9.17, 15) is 25.2 Å². The number of nitrogens with zero attached hydrogens (tertiary/aromatic N) is 1. The van der Waals surface area contributed by atoms with E-state index in [-0.39, 0.29) is 23.9 Å². The fraction of sp³-hybridized carbons (Fsp3) is 0.464. The highest BCUT2D eigenvalue weighted by Gasteiger charge is 2.10. The average molecular weight is 514 g/mol. The van der Waals surface area contributed by atoms with Crippen molar-refractivity contribution in [2.45, 2.75) is 57.7 Å². The smallest absolute Gasteiger partial charge is 0.333 e. The van der Waals surface area contributed by atoms with Crippen molar-refractivity contribution in [2.75, 3.05) is 26.3 Å². The van der Waals surface area contributed by atoms with Gasteiger partial charge in [0, 0.05) is 25.3 Å². The number of aromatic nitrogens is 2. The number of aromatic hydroxyl groups is 2. The molecule has 0 spiro atoms. The Kier molecular flexibility index (Phi) is 11.7. The second kappa shape index (κ2) is 15.2. The van der Waals surface area contributed by atoms with Gasteiger partial charge in [-0.2, -0.15) is 0 Å². The van der Waals surface area contributed by atoms with Gasteiger partial charge in [0.05, 0.1) is 24.6 Å². The van der Waals surface area contributed by atoms with Crippen LogP contribution in [0.15, 0.2) is 53.5 Å². The first-order chi connectivity index (χ1) is 18.0. The van der Waals surface area contributed by atoms with Crippen molar-refractivity contribution in [3.05, 3.63) is 75.8 Å². The van der Waals surface area contributed by atoms with E-state index < -0.39 is 6.10 Å². The number of aryl methyl sites for hydroxylation is 1. The first-order valence-corrected chi connectivity index (χ1v) is 13.0. The number of nitrogens with one attached hydrogen (secondary N) is 2. The zero-order valence-corrected chi connectivity index (χ0v) is 21.2. The summed E-state index contributed by atoms with van der Waals surface area (Å²) < 4.78 is 7.00. The van der Waals surface area contributed by atoms with Gasteiger partial charge < -0.3 is 35.5 Å². The van der Waals surface area contributed by atoms with Gasteiger partial charge in [-0.3, -0.25) is 0 Å². The van der Waals surface area contributed by atoms with Crippen LogP contribution in [0.4, 0.5) is 0 Å². The molecule has 0 aliphatic carbocycles. The van der Waals surface area contributed by atoms with E-state index in [1.807, 2.05) is 18.2 Å². The van der Waals surface area contributed by atoms with Crippen molar-refractivity contribution in [2.24, 2.45) is 0 Å². The fourth-order valence-corrected chi connectivity index (χ4v) is 4.22. The van der Waals surface area contributed by atoms with E-state index in [0.717, 1.165) is 63.7 Å². The minimum Gasteiger partial charge on any atom is -0.508 e. The zero-order chi connectivity index (χ0) is 26.5. The van der Waals surface area contributed by atoms with E-state index >= 15 is 0 Å². The molecule has 2 aromatic carbocycles. The van der Waals surface area contributed by atoms with E-state index in [1.54, 1.807) is 18.2 Å². The molecule has 6 N–H and O–H groups in total. The highest BCUT2D eigenvalue weighted by molar-refractivity contribution is 5.39. The molecular weight excluding hydrogens is 474 g/mol. The molecule has 0 aliphatic rings. The summed E-state index contributed by atoms with van der Waals surface area (Å²) >= 11 is 0. The Morgan fingerprint density at radius 2 is 1.76 bits per heavy atom. The molecule has 1 heterocycles. The van der Waals surface area contributed by atoms with Crippen LogP contribution in [0.2, 0.25) is 0 Å². The molecule has 1 atom stereocenters. The monoisotopic (exact) mass is 513 g/mol. The number of phenols is 1. The number of benzene rings is 2. The van der Waals surface area contributed by atoms with Crippen LogP contribution in [0.25, 0.3) is 5.69 Å². The quantitative estimate of drug-likeness (QED) is 0.152. The molecular formula is C28H39N3O6. The predicted octanol–water partition coefficient (Wildman–Crippen LogP) is 3.29. The number of hydrogen-bond acceptors (Lipinski definition) is 7. The molecule has 1 unspecified atom stereocenters. The SMILES string of the molecule is O=c1[nH]cc(O)n1-c1cccc(CCCOCCCCCCCNCC(O)c2ccc(O)c(CO)c2)c1. The lowest BCUT2D eigenvalue weighted by Crippen LogP contribution is -2.22. The van der Waals surface area contributed by atoms with Crippen molar-refractivity contribution in [1.29, 1.82) is 0 Å². The second-order valence-corrected chi connectivity index (χ2v) is 9.21. The van der Waals surface area contributed by atoms with E-state index in [2.05, 4.69) is 10.3 Å². The van der Waals surface area contributed by atoms with Crippen molar-refractivity contribution >= 4 is 0 Å². The van der Waals surface area contributed by atoms with Gasteiger partial charge in [0.2, 0.25) is 5.88 Å². The summed E-state index contributed by atoms with van der Waals surface area (Å²) in [6.07, 6.45) is 7.78. The Hall–Kier alpha value is -3.11. The minimum absolute atomic E-state index is 0.0359. The molecule has 9 nitrogen and oxygen atoms in total. The van der Waals surface area contributed by atoms with Gasteiger partial charge in [0.25, 0.3) is 0 Å². The van der Waals surface area contributed by atoms with Crippen LogP contribution in [-0.2, 0) is 17.8 Å². The van der Waals surface area contributed by atoms with Crippen molar-refractivity contribution in [1.82, 2.24) is 14.9 Å². The van der Waals surface area contributed by atoms with Gasteiger partial charge in [-0.25, -0.2) is 9.36 Å². The lowest BCUT2D eigenvalue weighted by Gasteiger charge is -2.14. The van der Waals surface area contributed by atoms with Crippen LogP contribution in [0.3, 0.4) is 0 Å². The second-order valence-electron chi connectivity index (χ2n) is 9.21. The first-order valence-electron chi connectivity index (χ1n) is 13.0. The van der Waals surface area contributed by atoms with E-state index in [4.69, 9.17) is 4.74 Å². The molecule has 0 radical (unpaired) electrons. The van der Waals surface area contributed by atoms with Gasteiger partial charge in [0.15, 0.2) is 0 Å². The number of unbranched alkanes of at least 4 members (excludes halogenated alkanes) is 4. The highest BCUT2D eigenvalue weighted by Crippen LogP contribution is 2.22. The number of hydrogen-bond donors (Lipinski definition) is 6. The van der Waals surface area contributed by atoms with Crippen LogP contribution in [0.5, 0.6) is 11.6 Å². The summed E-state index contributed by atoms with van der Waals surface area (Å²) in [6.45, 7) is 2.44. The Labute approximate surface area is 217 Å². The Morgan fingerprint density at radius 1 is 0.973 bits per heavy atom. The summed E-state index contributed by atoms with van der Waals surface area (Å²) in [4.78, 5) is 14.3. The normalized spacial score (nSPS) is 12.2. The maximum atomic E-state index is 11.8. The molecule has 0 aliphatic heterocycles. The molecule has 9 heteroatoms. The molecule has 37 heavy (non-hydrogen) atoms. The van der Waals surface area contributed by atoms with Crippen molar-refractivity contribution in [3.8, 4) is 17.3 Å². The summed E-state index contributed by atoms with van der Waals surface area (Å²) in [5.41, 5.74) is 2.46. The van der Waals surface area contributed by atoms with Crippen LogP contribution in [-0.4, -0.2) is 56.3 Å². The van der Waals surface area contributed by atoms with E-state index in [0.29, 0.717) is 30.0 Å². The third-order valence-electron chi connectivity index (χ3n) is 6.32. The van der Waals surface area contributed by atoms with Gasteiger partial charge in [-0.15, -0.1) is 0 Å². The molecule has 202 valence electrons. The summed E-state index contributed by atoms with van der Waals surface area (Å²) in [5, 5.41) is 42.2. The maximum Gasteiger partial charge on any atom is 0.333 e.